The first-order valence-electron chi connectivity index (χ1n) is 13.6. The Hall–Kier alpha value is -3.31. The van der Waals surface area contributed by atoms with Crippen LogP contribution in [0.5, 0.6) is 0 Å². The highest BCUT2D eigenvalue weighted by Gasteiger charge is 2.05. The summed E-state index contributed by atoms with van der Waals surface area (Å²) >= 11 is 1.74. The third-order valence-electron chi connectivity index (χ3n) is 5.19. The number of anilines is 1. The molecule has 5 nitrogen and oxygen atoms in total. The van der Waals surface area contributed by atoms with Crippen LogP contribution in [0.3, 0.4) is 0 Å². The monoisotopic (exact) mass is 572 g/mol. The van der Waals surface area contributed by atoms with Gasteiger partial charge in [-0.3, -0.25) is 4.99 Å². The van der Waals surface area contributed by atoms with Gasteiger partial charge >= 0.3 is 0 Å². The minimum Gasteiger partial charge on any atom is -0.385 e. The van der Waals surface area contributed by atoms with E-state index in [4.69, 9.17) is 4.52 Å². The number of hydrogen-bond donors (Lipinski definition) is 1. The smallest absolute Gasteiger partial charge is 0.156 e. The number of hydrogen-bond acceptors (Lipinski definition) is 5. The zero-order valence-electron chi connectivity index (χ0n) is 25.1. The van der Waals surface area contributed by atoms with Gasteiger partial charge in [0.15, 0.2) is 5.76 Å². The molecule has 0 spiro atoms. The summed E-state index contributed by atoms with van der Waals surface area (Å²) in [6.45, 7) is 10.9. The first-order chi connectivity index (χ1) is 19.4. The average molecular weight is 573 g/mol. The van der Waals surface area contributed by atoms with Crippen LogP contribution in [0.25, 0.3) is 0 Å². The molecule has 0 unspecified atom stereocenters. The molecule has 220 valence electrons. The number of nitrogens with zero attached hydrogens (tertiary/aromatic N) is 3. The molecule has 40 heavy (non-hydrogen) atoms. The largest absolute Gasteiger partial charge is 0.385 e. The highest BCUT2D eigenvalue weighted by molar-refractivity contribution is 8.02. The molecule has 2 heterocycles. The fourth-order valence-electron chi connectivity index (χ4n) is 3.33. The lowest BCUT2D eigenvalue weighted by molar-refractivity contribution is 0.371. The van der Waals surface area contributed by atoms with E-state index in [1.807, 2.05) is 63.0 Å². The van der Waals surface area contributed by atoms with Crippen LogP contribution in [0.15, 0.2) is 81.0 Å². The van der Waals surface area contributed by atoms with Gasteiger partial charge in [-0.25, -0.2) is 8.78 Å². The van der Waals surface area contributed by atoms with Crippen LogP contribution in [0, 0.1) is 12.3 Å². The van der Waals surface area contributed by atoms with E-state index >= 15 is 0 Å². The van der Waals surface area contributed by atoms with Gasteiger partial charge in [0, 0.05) is 43.3 Å². The lowest BCUT2D eigenvalue weighted by Gasteiger charge is -2.08. The maximum Gasteiger partial charge on any atom is 0.156 e. The predicted octanol–water partition coefficient (Wildman–Crippen LogP) is 8.79. The number of thioether (sulfide) groups is 1. The Morgan fingerprint density at radius 3 is 2.67 bits per heavy atom. The minimum absolute atomic E-state index is 0.0278. The van der Waals surface area contributed by atoms with Crippen molar-refractivity contribution < 1.29 is 13.3 Å². The molecule has 2 aromatic rings. The predicted molar refractivity (Wildman–Crippen MR) is 169 cm³/mol. The van der Waals surface area contributed by atoms with Crippen LogP contribution in [-0.4, -0.2) is 29.6 Å². The Morgan fingerprint density at radius 1 is 1.32 bits per heavy atom. The van der Waals surface area contributed by atoms with E-state index in [-0.39, 0.29) is 12.8 Å². The van der Waals surface area contributed by atoms with Gasteiger partial charge in [-0.05, 0) is 45.4 Å². The summed E-state index contributed by atoms with van der Waals surface area (Å²) in [5, 5.41) is 8.24. The Balaban J connectivity index is 0.00000284. The van der Waals surface area contributed by atoms with E-state index in [0.717, 1.165) is 40.9 Å². The SMILES string of the molecule is C#CC.CC.CC/C=C(\C=C/Cc1cc(Cn2ccc(=NC/C(C)=C/CCC/C(F)=C/F)c(NC)c2)on1)SC. The number of unbranched alkanes of at least 4 members (excludes halogenated alkanes) is 1. The van der Waals surface area contributed by atoms with Crippen LogP contribution in [-0.2, 0) is 13.0 Å². The van der Waals surface area contributed by atoms with Crippen LogP contribution >= 0.6 is 11.8 Å². The first-order valence-corrected chi connectivity index (χ1v) is 14.8. The lowest BCUT2D eigenvalue weighted by atomic mass is 10.1. The molecule has 0 fully saturated rings. The van der Waals surface area contributed by atoms with Crippen molar-refractivity contribution in [3.8, 4) is 12.3 Å². The molecule has 0 saturated heterocycles. The molecule has 2 aromatic heterocycles. The topological polar surface area (TPSA) is 55.4 Å². The molecule has 0 radical (unpaired) electrons. The van der Waals surface area contributed by atoms with Crippen molar-refractivity contribution in [2.24, 2.45) is 4.99 Å². The number of allylic oxidation sites excluding steroid dienone is 5. The summed E-state index contributed by atoms with van der Waals surface area (Å²) in [4.78, 5) is 5.94. The van der Waals surface area contributed by atoms with Crippen molar-refractivity contribution in [2.75, 3.05) is 25.2 Å². The number of pyridine rings is 1. The van der Waals surface area contributed by atoms with Gasteiger partial charge in [0.05, 0.1) is 29.8 Å². The summed E-state index contributed by atoms with van der Waals surface area (Å²) in [7, 11) is 1.86. The molecule has 0 atom stereocenters. The van der Waals surface area contributed by atoms with Gasteiger partial charge in [0.2, 0.25) is 0 Å². The quantitative estimate of drug-likeness (QED) is 0.106. The molecular weight excluding hydrogens is 526 g/mol. The lowest BCUT2D eigenvalue weighted by Crippen LogP contribution is -2.14. The highest BCUT2D eigenvalue weighted by atomic mass is 32.2. The Morgan fingerprint density at radius 2 is 2.05 bits per heavy atom. The second-order valence-electron chi connectivity index (χ2n) is 8.38. The van der Waals surface area contributed by atoms with Crippen molar-refractivity contribution in [3.05, 3.63) is 88.3 Å². The number of rotatable bonds is 14. The molecular formula is C32H46F2N4OS. The Bertz CT molecular complexity index is 1200. The normalized spacial score (nSPS) is 12.4. The molecule has 0 aliphatic heterocycles. The van der Waals surface area contributed by atoms with E-state index in [0.29, 0.717) is 25.9 Å². The minimum atomic E-state index is -0.708. The maximum absolute atomic E-state index is 12.8. The molecule has 2 rings (SSSR count). The molecule has 1 N–H and O–H groups in total. The van der Waals surface area contributed by atoms with Crippen LogP contribution < -0.4 is 10.7 Å². The number of halogens is 2. The van der Waals surface area contributed by atoms with Gasteiger partial charge in [-0.15, -0.1) is 24.1 Å². The first kappa shape index (κ1) is 36.7. The van der Waals surface area contributed by atoms with Crippen molar-refractivity contribution in [3.63, 3.8) is 0 Å². The maximum atomic E-state index is 12.8. The zero-order chi connectivity index (χ0) is 30.2. The summed E-state index contributed by atoms with van der Waals surface area (Å²) in [6, 6.07) is 3.95. The fourth-order valence-corrected chi connectivity index (χ4v) is 3.90. The van der Waals surface area contributed by atoms with Crippen molar-refractivity contribution >= 4 is 17.4 Å². The number of terminal acetylenes is 1. The van der Waals surface area contributed by atoms with Gasteiger partial charge in [-0.1, -0.05) is 55.8 Å². The summed E-state index contributed by atoms with van der Waals surface area (Å²) in [5.41, 5.74) is 2.90. The van der Waals surface area contributed by atoms with Gasteiger partial charge in [0.1, 0.15) is 12.2 Å². The Labute approximate surface area is 244 Å². The number of aromatic nitrogens is 2. The van der Waals surface area contributed by atoms with E-state index in [2.05, 4.69) is 59.2 Å². The van der Waals surface area contributed by atoms with Crippen LogP contribution in [0.1, 0.15) is 71.8 Å². The van der Waals surface area contributed by atoms with Crippen molar-refractivity contribution in [1.29, 1.82) is 0 Å². The standard InChI is InChI=1S/C27H36F2N4OS.C3H4.C2H6/c1-5-9-25(35-4)13-8-12-23-16-24(34-32-23)19-33-15-14-26(27(20-33)30-3)31-18-21(2)10-6-7-11-22(29)17-28;1-3-2;1-2/h8-10,13-17,20,30H,5-7,11-12,18-19H2,1-4H3;1H,2H3;1-2H3/b13-8-,21-10+,22-17-,25-9+,31-26?;;. The molecule has 0 saturated carbocycles. The van der Waals surface area contributed by atoms with E-state index in [1.165, 1.54) is 4.91 Å². The summed E-state index contributed by atoms with van der Waals surface area (Å²) in [6.07, 6.45) is 22.3. The summed E-state index contributed by atoms with van der Waals surface area (Å²) < 4.78 is 32.4. The molecule has 0 aromatic carbocycles. The van der Waals surface area contributed by atoms with E-state index in [9.17, 15) is 8.78 Å². The van der Waals surface area contributed by atoms with E-state index < -0.39 is 5.83 Å². The Kier molecular flexibility index (Phi) is 21.6. The zero-order valence-corrected chi connectivity index (χ0v) is 26.0. The number of nitrogens with one attached hydrogen (secondary N) is 1. The van der Waals surface area contributed by atoms with Gasteiger partial charge in [-0.2, -0.15) is 0 Å². The highest BCUT2D eigenvalue weighted by Crippen LogP contribution is 2.15. The van der Waals surface area contributed by atoms with Gasteiger partial charge in [0.25, 0.3) is 0 Å². The molecule has 0 bridgehead atoms. The molecule has 0 aliphatic rings. The molecule has 0 aliphatic carbocycles. The second kappa shape index (κ2) is 23.6. The molecule has 8 heteroatoms. The summed E-state index contributed by atoms with van der Waals surface area (Å²) in [5.74, 6) is 2.33. The van der Waals surface area contributed by atoms with E-state index in [1.54, 1.807) is 18.7 Å². The van der Waals surface area contributed by atoms with Crippen molar-refractivity contribution in [1.82, 2.24) is 9.72 Å². The molecule has 0 amide bonds. The van der Waals surface area contributed by atoms with Crippen LogP contribution in [0.4, 0.5) is 14.5 Å². The average Bonchev–Trinajstić information content (AvgIpc) is 3.42. The third kappa shape index (κ3) is 15.9. The van der Waals surface area contributed by atoms with Crippen molar-refractivity contribution in [2.45, 2.75) is 73.3 Å². The fraction of sp³-hybridized carbons (Fsp3) is 0.438. The second-order valence-corrected chi connectivity index (χ2v) is 9.26. The van der Waals surface area contributed by atoms with Crippen LogP contribution in [0.2, 0.25) is 0 Å². The van der Waals surface area contributed by atoms with Gasteiger partial charge < -0.3 is 14.4 Å². The third-order valence-corrected chi connectivity index (χ3v) is 5.96.